The van der Waals surface area contributed by atoms with Gasteiger partial charge in [-0.05, 0) is 61.7 Å². The predicted octanol–water partition coefficient (Wildman–Crippen LogP) is 5.30. The van der Waals surface area contributed by atoms with Crippen molar-refractivity contribution in [1.29, 1.82) is 0 Å². The van der Waals surface area contributed by atoms with Crippen molar-refractivity contribution in [3.63, 3.8) is 0 Å². The monoisotopic (exact) mass is 374 g/mol. The number of fused-ring (bicyclic) bond motifs is 2. The van der Waals surface area contributed by atoms with Gasteiger partial charge in [0.2, 0.25) is 0 Å². The molecule has 4 atom stereocenters. The fourth-order valence-corrected chi connectivity index (χ4v) is 5.33. The molecule has 2 saturated heterocycles. The minimum absolute atomic E-state index is 0.267. The number of hydrogen-bond donors (Lipinski definition) is 1. The lowest BCUT2D eigenvalue weighted by Crippen LogP contribution is -2.27. The van der Waals surface area contributed by atoms with Crippen LogP contribution in [0.3, 0.4) is 0 Å². The summed E-state index contributed by atoms with van der Waals surface area (Å²) >= 11 is 2.03. The molecule has 2 bridgehead atoms. The molecule has 0 aromatic heterocycles. The van der Waals surface area contributed by atoms with Crippen molar-refractivity contribution >= 4 is 17.7 Å². The summed E-state index contributed by atoms with van der Waals surface area (Å²) in [4.78, 5) is 10.5. The number of aliphatic carboxylic acids is 1. The third-order valence-corrected chi connectivity index (χ3v) is 6.70. The SMILES string of the molecule is O=C(O)CCC/C=C\C[C@@H]1[C@H](CCSCc2ccccc2)[C@@H]2CC[C@H]1O2. The smallest absolute Gasteiger partial charge is 0.303 e. The molecule has 0 unspecified atom stereocenters. The molecular weight excluding hydrogens is 344 g/mol. The van der Waals surface area contributed by atoms with Gasteiger partial charge in [0, 0.05) is 12.2 Å². The summed E-state index contributed by atoms with van der Waals surface area (Å²) in [6, 6.07) is 10.7. The molecule has 0 radical (unpaired) electrons. The molecule has 1 aromatic rings. The summed E-state index contributed by atoms with van der Waals surface area (Å²) in [5.74, 6) is 2.94. The molecule has 2 heterocycles. The molecule has 2 aliphatic rings. The number of unbranched alkanes of at least 4 members (excludes halogenated alkanes) is 1. The van der Waals surface area contributed by atoms with Gasteiger partial charge in [-0.1, -0.05) is 42.5 Å². The van der Waals surface area contributed by atoms with E-state index < -0.39 is 5.97 Å². The summed E-state index contributed by atoms with van der Waals surface area (Å²) in [6.45, 7) is 0. The van der Waals surface area contributed by atoms with Crippen LogP contribution in [0.25, 0.3) is 0 Å². The highest BCUT2D eigenvalue weighted by Crippen LogP contribution is 2.47. The highest BCUT2D eigenvalue weighted by atomic mass is 32.2. The van der Waals surface area contributed by atoms with Gasteiger partial charge >= 0.3 is 5.97 Å². The second kappa shape index (κ2) is 10.2. The topological polar surface area (TPSA) is 46.5 Å². The van der Waals surface area contributed by atoms with Gasteiger partial charge in [-0.25, -0.2) is 0 Å². The maximum absolute atomic E-state index is 10.5. The van der Waals surface area contributed by atoms with Crippen molar-refractivity contribution in [2.75, 3.05) is 5.75 Å². The van der Waals surface area contributed by atoms with Crippen molar-refractivity contribution < 1.29 is 14.6 Å². The number of carbonyl (C=O) groups is 1. The van der Waals surface area contributed by atoms with E-state index in [4.69, 9.17) is 9.84 Å². The molecule has 2 aliphatic heterocycles. The van der Waals surface area contributed by atoms with Gasteiger partial charge in [0.25, 0.3) is 0 Å². The van der Waals surface area contributed by atoms with E-state index in [9.17, 15) is 4.79 Å². The fraction of sp³-hybridized carbons (Fsp3) is 0.591. The zero-order valence-corrected chi connectivity index (χ0v) is 16.2. The first-order chi connectivity index (χ1) is 12.7. The maximum Gasteiger partial charge on any atom is 0.303 e. The van der Waals surface area contributed by atoms with Crippen molar-refractivity contribution in [3.05, 3.63) is 48.0 Å². The lowest BCUT2D eigenvalue weighted by atomic mass is 9.76. The largest absolute Gasteiger partial charge is 0.481 e. The van der Waals surface area contributed by atoms with Crippen LogP contribution >= 0.6 is 11.8 Å². The summed E-state index contributed by atoms with van der Waals surface area (Å²) in [5, 5.41) is 8.68. The van der Waals surface area contributed by atoms with Crippen LogP contribution in [-0.2, 0) is 15.3 Å². The Labute approximate surface area is 161 Å². The molecule has 0 aliphatic carbocycles. The molecule has 1 aromatic carbocycles. The van der Waals surface area contributed by atoms with Gasteiger partial charge in [-0.3, -0.25) is 4.79 Å². The van der Waals surface area contributed by atoms with Crippen LogP contribution in [0.2, 0.25) is 0 Å². The second-order valence-electron chi connectivity index (χ2n) is 7.44. The van der Waals surface area contributed by atoms with E-state index in [2.05, 4.69) is 42.5 Å². The molecule has 4 heteroatoms. The average molecular weight is 375 g/mol. The number of thioether (sulfide) groups is 1. The first-order valence-corrected chi connectivity index (χ1v) is 11.0. The summed E-state index contributed by atoms with van der Waals surface area (Å²) < 4.78 is 6.20. The number of allylic oxidation sites excluding steroid dienone is 2. The van der Waals surface area contributed by atoms with Crippen LogP contribution in [0.4, 0.5) is 0 Å². The van der Waals surface area contributed by atoms with Gasteiger partial charge in [0.05, 0.1) is 12.2 Å². The number of rotatable bonds is 11. The Bertz CT molecular complexity index is 586. The van der Waals surface area contributed by atoms with E-state index in [-0.39, 0.29) is 6.42 Å². The van der Waals surface area contributed by atoms with Crippen molar-refractivity contribution in [1.82, 2.24) is 0 Å². The van der Waals surface area contributed by atoms with E-state index in [1.54, 1.807) is 0 Å². The average Bonchev–Trinajstić information content (AvgIpc) is 3.24. The Hall–Kier alpha value is -1.26. The standard InChI is InChI=1S/C22H30O3S/c23-22(24)11-7-2-1-6-10-18-19(21-13-12-20(18)25-21)14-15-26-16-17-8-4-3-5-9-17/h1,3-6,8-9,18-21H,2,7,10-16H2,(H,23,24)/b6-1-/t18-,19+,20-,21+/m1/s1. The number of carboxylic acids is 1. The Morgan fingerprint density at radius 3 is 2.69 bits per heavy atom. The third-order valence-electron chi connectivity index (χ3n) is 5.63. The van der Waals surface area contributed by atoms with Crippen molar-refractivity contribution in [3.8, 4) is 0 Å². The number of carboxylic acid groups (broad SMARTS) is 1. The lowest BCUT2D eigenvalue weighted by molar-refractivity contribution is -0.137. The zero-order valence-electron chi connectivity index (χ0n) is 15.4. The molecule has 0 spiro atoms. The second-order valence-corrected chi connectivity index (χ2v) is 8.54. The number of ether oxygens (including phenoxy) is 1. The third kappa shape index (κ3) is 5.62. The highest BCUT2D eigenvalue weighted by molar-refractivity contribution is 7.98. The van der Waals surface area contributed by atoms with Gasteiger partial charge in [0.1, 0.15) is 0 Å². The van der Waals surface area contributed by atoms with E-state index in [1.807, 2.05) is 11.8 Å². The van der Waals surface area contributed by atoms with Crippen molar-refractivity contribution in [2.24, 2.45) is 11.8 Å². The highest BCUT2D eigenvalue weighted by Gasteiger charge is 2.47. The lowest BCUT2D eigenvalue weighted by Gasteiger charge is -2.27. The molecular formula is C22H30O3S. The van der Waals surface area contributed by atoms with Gasteiger partial charge < -0.3 is 9.84 Å². The first-order valence-electron chi connectivity index (χ1n) is 9.88. The van der Waals surface area contributed by atoms with Gasteiger partial charge in [0.15, 0.2) is 0 Å². The van der Waals surface area contributed by atoms with Crippen LogP contribution in [0.5, 0.6) is 0 Å². The van der Waals surface area contributed by atoms with Gasteiger partial charge in [-0.2, -0.15) is 11.8 Å². The van der Waals surface area contributed by atoms with E-state index in [0.717, 1.165) is 25.0 Å². The Kier molecular flexibility index (Phi) is 7.63. The molecule has 3 rings (SSSR count). The summed E-state index contributed by atoms with van der Waals surface area (Å²) in [7, 11) is 0. The number of hydrogen-bond acceptors (Lipinski definition) is 3. The molecule has 2 fully saturated rings. The van der Waals surface area contributed by atoms with Crippen LogP contribution in [0, 0.1) is 11.8 Å². The Morgan fingerprint density at radius 2 is 1.92 bits per heavy atom. The predicted molar refractivity (Wildman–Crippen MR) is 107 cm³/mol. The quantitative estimate of drug-likeness (QED) is 0.421. The van der Waals surface area contributed by atoms with Crippen molar-refractivity contribution in [2.45, 2.75) is 62.9 Å². The van der Waals surface area contributed by atoms with Crippen LogP contribution < -0.4 is 0 Å². The van der Waals surface area contributed by atoms with E-state index >= 15 is 0 Å². The molecule has 1 N–H and O–H groups in total. The van der Waals surface area contributed by atoms with Gasteiger partial charge in [-0.15, -0.1) is 0 Å². The Morgan fingerprint density at radius 1 is 1.15 bits per heavy atom. The number of benzene rings is 1. The Balaban J connectivity index is 1.39. The minimum Gasteiger partial charge on any atom is -0.481 e. The fourth-order valence-electron chi connectivity index (χ4n) is 4.32. The molecule has 3 nitrogen and oxygen atoms in total. The maximum atomic E-state index is 10.5. The minimum atomic E-state index is -0.701. The first kappa shape index (κ1) is 19.5. The van der Waals surface area contributed by atoms with E-state index in [0.29, 0.717) is 24.0 Å². The molecule has 26 heavy (non-hydrogen) atoms. The molecule has 0 amide bonds. The summed E-state index contributed by atoms with van der Waals surface area (Å²) in [5.41, 5.74) is 1.41. The van der Waals surface area contributed by atoms with Crippen LogP contribution in [-0.4, -0.2) is 29.0 Å². The normalized spacial score (nSPS) is 27.4. The van der Waals surface area contributed by atoms with Crippen LogP contribution in [0.15, 0.2) is 42.5 Å². The zero-order chi connectivity index (χ0) is 18.2. The van der Waals surface area contributed by atoms with Crippen LogP contribution in [0.1, 0.15) is 50.5 Å². The molecule has 0 saturated carbocycles. The summed E-state index contributed by atoms with van der Waals surface area (Å²) in [6.07, 6.45) is 12.0. The van der Waals surface area contributed by atoms with E-state index in [1.165, 1.54) is 30.6 Å². The molecule has 142 valence electrons.